The Bertz CT molecular complexity index is 603. The Labute approximate surface area is 98.0 Å². The van der Waals surface area contributed by atoms with Crippen LogP contribution in [-0.4, -0.2) is 21.3 Å². The monoisotopic (exact) mass is 235 g/mol. The summed E-state index contributed by atoms with van der Waals surface area (Å²) in [7, 11) is 4.70. The van der Waals surface area contributed by atoms with Crippen molar-refractivity contribution >= 4 is 16.7 Å². The minimum atomic E-state index is -0.438. The molecule has 1 aromatic carbocycles. The second kappa shape index (κ2) is 4.37. The number of nitrogens with one attached hydrogen (secondary N) is 1. The lowest BCUT2D eigenvalue weighted by Crippen LogP contribution is -2.06. The predicted molar refractivity (Wildman–Crippen MR) is 65.1 cm³/mol. The molecule has 17 heavy (non-hydrogen) atoms. The first-order valence-corrected chi connectivity index (χ1v) is 5.08. The zero-order valence-electron chi connectivity index (χ0n) is 9.87. The maximum atomic E-state index is 11.6. The number of methoxy groups -OCH3 is 2. The molecule has 2 rings (SSSR count). The van der Waals surface area contributed by atoms with Crippen LogP contribution in [0.5, 0.6) is 11.5 Å². The summed E-state index contributed by atoms with van der Waals surface area (Å²) in [5.41, 5.74) is 0.354. The first-order chi connectivity index (χ1) is 8.21. The molecule has 0 fully saturated rings. The number of anilines is 1. The minimum absolute atomic E-state index is 0.385. The van der Waals surface area contributed by atoms with Crippen molar-refractivity contribution in [1.82, 2.24) is 0 Å². The molecule has 0 bridgehead atoms. The molecule has 5 heteroatoms. The van der Waals surface area contributed by atoms with Crippen LogP contribution in [0, 0.1) is 0 Å². The number of benzene rings is 1. The van der Waals surface area contributed by atoms with E-state index >= 15 is 0 Å². The zero-order valence-corrected chi connectivity index (χ0v) is 9.87. The van der Waals surface area contributed by atoms with Crippen LogP contribution in [0.25, 0.3) is 11.0 Å². The second-order valence-corrected chi connectivity index (χ2v) is 3.42. The molecule has 0 radical (unpaired) electrons. The first kappa shape index (κ1) is 11.3. The quantitative estimate of drug-likeness (QED) is 0.823. The van der Waals surface area contributed by atoms with Gasteiger partial charge in [0.25, 0.3) is 0 Å². The van der Waals surface area contributed by atoms with Crippen LogP contribution >= 0.6 is 0 Å². The van der Waals surface area contributed by atoms with E-state index in [4.69, 9.17) is 13.9 Å². The molecule has 5 nitrogen and oxygen atoms in total. The standard InChI is InChI=1S/C12H13NO4/c1-13-8-6-7-4-5-9(15-2)11(16-3)10(7)17-12(8)14/h4-6,13H,1-3H3. The Kier molecular flexibility index (Phi) is 2.91. The van der Waals surface area contributed by atoms with Crippen LogP contribution in [0.4, 0.5) is 5.69 Å². The summed E-state index contributed by atoms with van der Waals surface area (Å²) in [6, 6.07) is 5.28. The molecule has 1 N–H and O–H groups in total. The maximum absolute atomic E-state index is 11.6. The molecule has 0 saturated carbocycles. The van der Waals surface area contributed by atoms with E-state index in [0.717, 1.165) is 5.39 Å². The maximum Gasteiger partial charge on any atom is 0.359 e. The molecule has 0 aliphatic heterocycles. The van der Waals surface area contributed by atoms with E-state index < -0.39 is 5.63 Å². The largest absolute Gasteiger partial charge is 0.493 e. The third-order valence-electron chi connectivity index (χ3n) is 2.51. The van der Waals surface area contributed by atoms with Crippen molar-refractivity contribution in [1.29, 1.82) is 0 Å². The predicted octanol–water partition coefficient (Wildman–Crippen LogP) is 1.85. The normalized spacial score (nSPS) is 10.3. The van der Waals surface area contributed by atoms with E-state index in [1.165, 1.54) is 14.2 Å². The molecule has 0 atom stereocenters. The number of ether oxygens (including phenoxy) is 2. The second-order valence-electron chi connectivity index (χ2n) is 3.42. The Morgan fingerprint density at radius 2 is 2.00 bits per heavy atom. The van der Waals surface area contributed by atoms with Crippen molar-refractivity contribution in [3.05, 3.63) is 28.6 Å². The average Bonchev–Trinajstić information content (AvgIpc) is 2.36. The Hall–Kier alpha value is -2.17. The number of rotatable bonds is 3. The lowest BCUT2D eigenvalue weighted by Gasteiger charge is -2.09. The summed E-state index contributed by atoms with van der Waals surface area (Å²) < 4.78 is 15.6. The average molecular weight is 235 g/mol. The van der Waals surface area contributed by atoms with Crippen LogP contribution in [0.2, 0.25) is 0 Å². The van der Waals surface area contributed by atoms with Gasteiger partial charge in [-0.1, -0.05) is 0 Å². The third kappa shape index (κ3) is 1.80. The van der Waals surface area contributed by atoms with Crippen LogP contribution in [-0.2, 0) is 0 Å². The third-order valence-corrected chi connectivity index (χ3v) is 2.51. The molecule has 0 saturated heterocycles. The highest BCUT2D eigenvalue weighted by Crippen LogP contribution is 2.35. The highest BCUT2D eigenvalue weighted by Gasteiger charge is 2.13. The Balaban J connectivity index is 2.81. The molecule has 1 aromatic heterocycles. The van der Waals surface area contributed by atoms with Crippen LogP contribution < -0.4 is 20.4 Å². The van der Waals surface area contributed by atoms with Crippen LogP contribution in [0.3, 0.4) is 0 Å². The summed E-state index contributed by atoms with van der Waals surface area (Å²) in [6.07, 6.45) is 0. The highest BCUT2D eigenvalue weighted by atomic mass is 16.5. The molecule has 0 unspecified atom stereocenters. The van der Waals surface area contributed by atoms with E-state index in [2.05, 4.69) is 5.32 Å². The lowest BCUT2D eigenvalue weighted by atomic mass is 10.2. The van der Waals surface area contributed by atoms with Gasteiger partial charge in [-0.05, 0) is 18.2 Å². The van der Waals surface area contributed by atoms with Gasteiger partial charge in [0.05, 0.1) is 14.2 Å². The van der Waals surface area contributed by atoms with E-state index in [-0.39, 0.29) is 0 Å². The molecule has 0 aliphatic carbocycles. The van der Waals surface area contributed by atoms with Crippen LogP contribution in [0.1, 0.15) is 0 Å². The smallest absolute Gasteiger partial charge is 0.359 e. The van der Waals surface area contributed by atoms with Gasteiger partial charge in [0.2, 0.25) is 5.75 Å². The number of hydrogen-bond donors (Lipinski definition) is 1. The van der Waals surface area contributed by atoms with Crippen molar-refractivity contribution in [2.75, 3.05) is 26.6 Å². The van der Waals surface area contributed by atoms with Gasteiger partial charge in [0.1, 0.15) is 5.69 Å². The van der Waals surface area contributed by atoms with Crippen molar-refractivity contribution < 1.29 is 13.9 Å². The van der Waals surface area contributed by atoms with Gasteiger partial charge in [0, 0.05) is 12.4 Å². The molecule has 90 valence electrons. The van der Waals surface area contributed by atoms with Crippen LogP contribution in [0.15, 0.2) is 27.4 Å². The summed E-state index contributed by atoms with van der Waals surface area (Å²) in [4.78, 5) is 11.6. The van der Waals surface area contributed by atoms with Crippen molar-refractivity contribution in [2.24, 2.45) is 0 Å². The molecule has 0 spiro atoms. The van der Waals surface area contributed by atoms with Gasteiger partial charge in [-0.15, -0.1) is 0 Å². The summed E-state index contributed by atoms with van der Waals surface area (Å²) in [5, 5.41) is 3.55. The van der Waals surface area contributed by atoms with Crippen molar-refractivity contribution in [2.45, 2.75) is 0 Å². The fraction of sp³-hybridized carbons (Fsp3) is 0.250. The number of fused-ring (bicyclic) bond motifs is 1. The van der Waals surface area contributed by atoms with Gasteiger partial charge in [-0.2, -0.15) is 0 Å². The SMILES string of the molecule is CNc1cc2ccc(OC)c(OC)c2oc1=O. The summed E-state index contributed by atoms with van der Waals surface area (Å²) in [5.74, 6) is 0.949. The molecule has 0 amide bonds. The molecular weight excluding hydrogens is 222 g/mol. The van der Waals surface area contributed by atoms with Gasteiger partial charge in [-0.3, -0.25) is 0 Å². The molecular formula is C12H13NO4. The lowest BCUT2D eigenvalue weighted by molar-refractivity contribution is 0.352. The first-order valence-electron chi connectivity index (χ1n) is 5.08. The Morgan fingerprint density at radius 3 is 2.59 bits per heavy atom. The molecule has 0 aliphatic rings. The van der Waals surface area contributed by atoms with Crippen molar-refractivity contribution in [3.63, 3.8) is 0 Å². The topological polar surface area (TPSA) is 60.7 Å². The van der Waals surface area contributed by atoms with Crippen molar-refractivity contribution in [3.8, 4) is 11.5 Å². The summed E-state index contributed by atoms with van der Waals surface area (Å²) >= 11 is 0. The zero-order chi connectivity index (χ0) is 12.4. The van der Waals surface area contributed by atoms with E-state index in [1.807, 2.05) is 0 Å². The van der Waals surface area contributed by atoms with Gasteiger partial charge < -0.3 is 19.2 Å². The van der Waals surface area contributed by atoms with E-state index in [9.17, 15) is 4.79 Å². The molecule has 2 aromatic rings. The van der Waals surface area contributed by atoms with Gasteiger partial charge >= 0.3 is 5.63 Å². The minimum Gasteiger partial charge on any atom is -0.493 e. The molecule has 1 heterocycles. The highest BCUT2D eigenvalue weighted by molar-refractivity contribution is 5.87. The van der Waals surface area contributed by atoms with E-state index in [0.29, 0.717) is 22.8 Å². The number of hydrogen-bond acceptors (Lipinski definition) is 5. The van der Waals surface area contributed by atoms with E-state index in [1.54, 1.807) is 25.2 Å². The van der Waals surface area contributed by atoms with Gasteiger partial charge in [0.15, 0.2) is 11.3 Å². The van der Waals surface area contributed by atoms with Gasteiger partial charge in [-0.25, -0.2) is 4.79 Å². The summed E-state index contributed by atoms with van der Waals surface area (Å²) in [6.45, 7) is 0. The fourth-order valence-corrected chi connectivity index (χ4v) is 1.67. The Morgan fingerprint density at radius 1 is 1.24 bits per heavy atom. The fourth-order valence-electron chi connectivity index (χ4n) is 1.67.